The van der Waals surface area contributed by atoms with Crippen molar-refractivity contribution in [1.29, 1.82) is 0 Å². The minimum Gasteiger partial charge on any atom is -0.358 e. The molecule has 1 aromatic carbocycles. The van der Waals surface area contributed by atoms with Gasteiger partial charge in [-0.2, -0.15) is 0 Å². The molecule has 3 rings (SSSR count). The molecule has 0 atom stereocenters. The van der Waals surface area contributed by atoms with Crippen molar-refractivity contribution >= 4 is 17.9 Å². The predicted molar refractivity (Wildman–Crippen MR) is 139 cm³/mol. The van der Waals surface area contributed by atoms with E-state index in [-0.39, 0.29) is 5.82 Å². The molecule has 0 saturated heterocycles. The Kier molecular flexibility index (Phi) is 8.06. The van der Waals surface area contributed by atoms with E-state index in [2.05, 4.69) is 37.2 Å². The van der Waals surface area contributed by atoms with Crippen LogP contribution in [-0.4, -0.2) is 28.2 Å². The lowest BCUT2D eigenvalue weighted by molar-refractivity contribution is 0.219. The number of hydrogen-bond donors (Lipinski definition) is 2. The van der Waals surface area contributed by atoms with Gasteiger partial charge < -0.3 is 10.6 Å². The third-order valence-corrected chi connectivity index (χ3v) is 5.30. The number of allylic oxidation sites excluding steroid dienone is 3. The number of hydrogen-bond acceptors (Lipinski definition) is 6. The van der Waals surface area contributed by atoms with Gasteiger partial charge >= 0.3 is 0 Å². The first-order chi connectivity index (χ1) is 16.6. The van der Waals surface area contributed by atoms with Crippen LogP contribution in [0.1, 0.15) is 37.6 Å². The van der Waals surface area contributed by atoms with Crippen LogP contribution in [0, 0.1) is 12.7 Å². The Hall–Kier alpha value is -3.94. The van der Waals surface area contributed by atoms with Gasteiger partial charge in [-0.05, 0) is 45.4 Å². The van der Waals surface area contributed by atoms with E-state index in [1.807, 2.05) is 19.1 Å². The number of nitrogens with one attached hydrogen (secondary N) is 2. The normalized spacial score (nSPS) is 12.1. The number of nitrogens with zero attached hydrogens (tertiary/aromatic N) is 4. The SMILES string of the molecule is C=C(Cc1ccc(-c2cnc(N/C(C=NC)=C/C)nc2)c(F)c1)Nc1cnc(C)c(C(C)(C)F)c1. The molecule has 2 heterocycles. The molecule has 0 bridgehead atoms. The van der Waals surface area contributed by atoms with Crippen molar-refractivity contribution in [3.63, 3.8) is 0 Å². The summed E-state index contributed by atoms with van der Waals surface area (Å²) in [6, 6.07) is 6.72. The molecule has 2 N–H and O–H groups in total. The predicted octanol–water partition coefficient (Wildman–Crippen LogP) is 6.38. The van der Waals surface area contributed by atoms with Crippen LogP contribution >= 0.6 is 0 Å². The van der Waals surface area contributed by atoms with Crippen LogP contribution in [0.3, 0.4) is 0 Å². The first-order valence-corrected chi connectivity index (χ1v) is 11.2. The molecule has 8 heteroatoms. The van der Waals surface area contributed by atoms with Gasteiger partial charge in [0.1, 0.15) is 11.5 Å². The third-order valence-electron chi connectivity index (χ3n) is 5.30. The molecule has 0 aliphatic heterocycles. The fourth-order valence-electron chi connectivity index (χ4n) is 3.58. The summed E-state index contributed by atoms with van der Waals surface area (Å²) in [4.78, 5) is 16.8. The number of anilines is 2. The maximum Gasteiger partial charge on any atom is 0.227 e. The van der Waals surface area contributed by atoms with Crippen molar-refractivity contribution in [1.82, 2.24) is 15.0 Å². The zero-order valence-electron chi connectivity index (χ0n) is 20.7. The van der Waals surface area contributed by atoms with Crippen molar-refractivity contribution in [2.24, 2.45) is 4.99 Å². The van der Waals surface area contributed by atoms with E-state index in [0.29, 0.717) is 46.1 Å². The number of benzene rings is 1. The fraction of sp³-hybridized carbons (Fsp3) is 0.259. The van der Waals surface area contributed by atoms with Gasteiger partial charge in [0.05, 0.1) is 17.6 Å². The van der Waals surface area contributed by atoms with Gasteiger partial charge in [0.2, 0.25) is 5.95 Å². The summed E-state index contributed by atoms with van der Waals surface area (Å²) in [7, 11) is 1.68. The van der Waals surface area contributed by atoms with E-state index in [4.69, 9.17) is 0 Å². The summed E-state index contributed by atoms with van der Waals surface area (Å²) < 4.78 is 29.3. The molecule has 3 aromatic rings. The van der Waals surface area contributed by atoms with Gasteiger partial charge in [0.15, 0.2) is 0 Å². The highest BCUT2D eigenvalue weighted by molar-refractivity contribution is 5.82. The summed E-state index contributed by atoms with van der Waals surface area (Å²) in [6.07, 6.45) is 8.67. The standard InChI is InChI=1S/C27H30F2N6/c1-7-21(15-30-6)35-26-32-13-20(14-33-26)23-9-8-19(11-25(23)28)10-17(2)34-22-12-24(27(4,5)29)18(3)31-16-22/h7-9,11-16,34H,2,10H2,1,3-6H3,(H,32,33,35)/b21-7+,30-15?. The number of aliphatic imine (C=N–C) groups is 1. The lowest BCUT2D eigenvalue weighted by Gasteiger charge is -2.19. The Morgan fingerprint density at radius 3 is 2.43 bits per heavy atom. The van der Waals surface area contributed by atoms with Gasteiger partial charge in [-0.15, -0.1) is 0 Å². The maximum atomic E-state index is 14.9. The Balaban J connectivity index is 1.69. The van der Waals surface area contributed by atoms with Crippen LogP contribution in [0.4, 0.5) is 20.4 Å². The average molecular weight is 477 g/mol. The summed E-state index contributed by atoms with van der Waals surface area (Å²) in [5.41, 5.74) is 3.38. The van der Waals surface area contributed by atoms with E-state index in [9.17, 15) is 8.78 Å². The molecular formula is C27H30F2N6. The molecule has 0 radical (unpaired) electrons. The number of rotatable bonds is 9. The molecule has 0 fully saturated rings. The highest BCUT2D eigenvalue weighted by Crippen LogP contribution is 2.29. The topological polar surface area (TPSA) is 75.1 Å². The molecule has 0 unspecified atom stereocenters. The molecule has 2 aromatic heterocycles. The molecule has 182 valence electrons. The van der Waals surface area contributed by atoms with E-state index in [1.54, 1.807) is 50.9 Å². The lowest BCUT2D eigenvalue weighted by atomic mass is 9.98. The van der Waals surface area contributed by atoms with E-state index in [1.165, 1.54) is 19.9 Å². The monoisotopic (exact) mass is 476 g/mol. The van der Waals surface area contributed by atoms with Crippen LogP contribution in [0.5, 0.6) is 0 Å². The Morgan fingerprint density at radius 1 is 1.11 bits per heavy atom. The highest BCUT2D eigenvalue weighted by Gasteiger charge is 2.22. The molecule has 0 spiro atoms. The van der Waals surface area contributed by atoms with Crippen molar-refractivity contribution in [3.8, 4) is 11.1 Å². The summed E-state index contributed by atoms with van der Waals surface area (Å²) >= 11 is 0. The Labute approximate surface area is 205 Å². The lowest BCUT2D eigenvalue weighted by Crippen LogP contribution is -2.13. The van der Waals surface area contributed by atoms with Crippen LogP contribution in [0.2, 0.25) is 0 Å². The second kappa shape index (κ2) is 11.0. The molecule has 0 saturated carbocycles. The van der Waals surface area contributed by atoms with Crippen LogP contribution in [0.15, 0.2) is 71.9 Å². The number of alkyl halides is 1. The molecule has 0 aliphatic rings. The van der Waals surface area contributed by atoms with Crippen LogP contribution < -0.4 is 10.6 Å². The van der Waals surface area contributed by atoms with Gasteiger partial charge in [0, 0.05) is 60.2 Å². The maximum absolute atomic E-state index is 14.9. The summed E-state index contributed by atoms with van der Waals surface area (Å²) in [6.45, 7) is 10.7. The average Bonchev–Trinajstić information content (AvgIpc) is 2.80. The zero-order valence-corrected chi connectivity index (χ0v) is 20.7. The number of halogens is 2. The Bertz CT molecular complexity index is 1260. The smallest absolute Gasteiger partial charge is 0.227 e. The molecule has 35 heavy (non-hydrogen) atoms. The second-order valence-electron chi connectivity index (χ2n) is 8.60. The van der Waals surface area contributed by atoms with Gasteiger partial charge in [0.25, 0.3) is 0 Å². The largest absolute Gasteiger partial charge is 0.358 e. The van der Waals surface area contributed by atoms with E-state index in [0.717, 1.165) is 11.3 Å². The van der Waals surface area contributed by atoms with Gasteiger partial charge in [-0.3, -0.25) is 9.98 Å². The Morgan fingerprint density at radius 2 is 1.83 bits per heavy atom. The molecule has 0 amide bonds. The fourth-order valence-corrected chi connectivity index (χ4v) is 3.58. The molecule has 6 nitrogen and oxygen atoms in total. The zero-order chi connectivity index (χ0) is 25.6. The second-order valence-corrected chi connectivity index (χ2v) is 8.60. The van der Waals surface area contributed by atoms with Crippen molar-refractivity contribution < 1.29 is 8.78 Å². The quantitative estimate of drug-likeness (QED) is 0.351. The summed E-state index contributed by atoms with van der Waals surface area (Å²) in [5.74, 6) is 0.0105. The van der Waals surface area contributed by atoms with Crippen molar-refractivity contribution in [2.45, 2.75) is 39.8 Å². The molecule has 0 aliphatic carbocycles. The van der Waals surface area contributed by atoms with Crippen LogP contribution in [0.25, 0.3) is 11.1 Å². The minimum atomic E-state index is -1.51. The third kappa shape index (κ3) is 6.79. The number of aromatic nitrogens is 3. The van der Waals surface area contributed by atoms with Crippen LogP contribution in [-0.2, 0) is 12.1 Å². The van der Waals surface area contributed by atoms with E-state index >= 15 is 0 Å². The highest BCUT2D eigenvalue weighted by atomic mass is 19.1. The molecular weight excluding hydrogens is 446 g/mol. The first-order valence-electron chi connectivity index (χ1n) is 11.2. The minimum absolute atomic E-state index is 0.384. The van der Waals surface area contributed by atoms with Crippen molar-refractivity contribution in [3.05, 3.63) is 89.5 Å². The van der Waals surface area contributed by atoms with Gasteiger partial charge in [-0.1, -0.05) is 24.8 Å². The van der Waals surface area contributed by atoms with Crippen molar-refractivity contribution in [2.75, 3.05) is 17.7 Å². The number of pyridine rings is 1. The van der Waals surface area contributed by atoms with E-state index < -0.39 is 5.67 Å². The summed E-state index contributed by atoms with van der Waals surface area (Å²) in [5, 5.41) is 6.19. The first kappa shape index (κ1) is 25.7. The number of aryl methyl sites for hydroxylation is 1. The van der Waals surface area contributed by atoms with Gasteiger partial charge in [-0.25, -0.2) is 18.7 Å².